The molecule has 160 valence electrons. The molecule has 30 heavy (non-hydrogen) atoms. The topological polar surface area (TPSA) is 38.5 Å². The molecule has 1 spiro atoms. The molecule has 2 aliphatic rings. The van der Waals surface area contributed by atoms with E-state index in [-0.39, 0.29) is 24.1 Å². The number of alkyl halides is 3. The van der Waals surface area contributed by atoms with Crippen LogP contribution in [-0.4, -0.2) is 30.3 Å². The van der Waals surface area contributed by atoms with Gasteiger partial charge in [0.15, 0.2) is 6.54 Å². The third-order valence-electron chi connectivity index (χ3n) is 6.56. The molecule has 2 fully saturated rings. The standard InChI is InChI=1S/C23H25F3NO3/c1-29-21-11-10-18(30-23(24,25)26)13-19(21)17-14-22(27(28)15-17)12-6-5-9-20(22)16-7-3-2-4-8-16/h2-4,7-8,10-11,13,17,20H,5-6,9,12,14-15H2,1H3/q+1. The van der Waals surface area contributed by atoms with Crippen molar-refractivity contribution in [1.82, 2.24) is 0 Å². The molecule has 0 aromatic heterocycles. The lowest BCUT2D eigenvalue weighted by Gasteiger charge is -2.34. The lowest BCUT2D eigenvalue weighted by molar-refractivity contribution is -0.614. The van der Waals surface area contributed by atoms with Crippen LogP contribution in [0.3, 0.4) is 0 Å². The first-order valence-corrected chi connectivity index (χ1v) is 10.3. The second-order valence-electron chi connectivity index (χ2n) is 8.23. The van der Waals surface area contributed by atoms with Crippen LogP contribution in [0.15, 0.2) is 48.5 Å². The Hall–Kier alpha value is -2.57. The fourth-order valence-electron chi connectivity index (χ4n) is 5.34. The van der Waals surface area contributed by atoms with Gasteiger partial charge in [0.1, 0.15) is 11.5 Å². The van der Waals surface area contributed by atoms with Crippen LogP contribution in [-0.2, 0) is 0 Å². The summed E-state index contributed by atoms with van der Waals surface area (Å²) >= 11 is 0. The maximum Gasteiger partial charge on any atom is 0.573 e. The van der Waals surface area contributed by atoms with Crippen LogP contribution in [0.25, 0.3) is 0 Å². The van der Waals surface area contributed by atoms with E-state index in [9.17, 15) is 18.1 Å². The molecule has 7 heteroatoms. The molecule has 4 nitrogen and oxygen atoms in total. The molecule has 1 aliphatic heterocycles. The van der Waals surface area contributed by atoms with Gasteiger partial charge < -0.3 is 9.47 Å². The molecule has 0 amide bonds. The van der Waals surface area contributed by atoms with E-state index < -0.39 is 11.9 Å². The van der Waals surface area contributed by atoms with Crippen molar-refractivity contribution in [2.45, 2.75) is 55.8 Å². The smallest absolute Gasteiger partial charge is 0.496 e. The molecule has 2 aromatic carbocycles. The summed E-state index contributed by atoms with van der Waals surface area (Å²) in [5.41, 5.74) is 1.20. The van der Waals surface area contributed by atoms with E-state index in [1.165, 1.54) is 30.1 Å². The van der Waals surface area contributed by atoms with E-state index in [1.807, 2.05) is 18.2 Å². The summed E-state index contributed by atoms with van der Waals surface area (Å²) in [6, 6.07) is 14.1. The molecule has 0 radical (unpaired) electrons. The molecular formula is C23H25F3NO3+. The van der Waals surface area contributed by atoms with E-state index in [0.29, 0.717) is 17.7 Å². The summed E-state index contributed by atoms with van der Waals surface area (Å²) in [5, 5.41) is 0. The number of hydrogen-bond acceptors (Lipinski definition) is 3. The van der Waals surface area contributed by atoms with Gasteiger partial charge in [-0.1, -0.05) is 36.8 Å². The van der Waals surface area contributed by atoms with E-state index >= 15 is 0 Å². The van der Waals surface area contributed by atoms with Crippen molar-refractivity contribution in [3.63, 3.8) is 0 Å². The number of nitroso groups, excluding NO2 is 1. The van der Waals surface area contributed by atoms with Crippen LogP contribution in [0.4, 0.5) is 13.2 Å². The first kappa shape index (κ1) is 20.7. The third-order valence-corrected chi connectivity index (χ3v) is 6.56. The van der Waals surface area contributed by atoms with Gasteiger partial charge in [-0.3, -0.25) is 0 Å². The fraction of sp³-hybridized carbons (Fsp3) is 0.478. The SMILES string of the molecule is COc1ccc(OC(F)(F)F)cc1C1C[N+](=O)C2(CCCCC2c2ccccc2)C1. The van der Waals surface area contributed by atoms with Gasteiger partial charge in [-0.25, -0.2) is 0 Å². The Morgan fingerprint density at radius 1 is 1.10 bits per heavy atom. The van der Waals surface area contributed by atoms with Gasteiger partial charge in [-0.2, -0.15) is 0 Å². The maximum absolute atomic E-state index is 13.3. The fourth-order valence-corrected chi connectivity index (χ4v) is 5.34. The summed E-state index contributed by atoms with van der Waals surface area (Å²) in [7, 11) is 1.48. The van der Waals surface area contributed by atoms with Crippen LogP contribution in [0.1, 0.15) is 55.1 Å². The minimum Gasteiger partial charge on any atom is -0.496 e. The molecule has 3 unspecified atom stereocenters. The number of benzene rings is 2. The van der Waals surface area contributed by atoms with Crippen molar-refractivity contribution in [2.75, 3.05) is 13.7 Å². The van der Waals surface area contributed by atoms with Crippen molar-refractivity contribution in [2.24, 2.45) is 0 Å². The predicted octanol–water partition coefficient (Wildman–Crippen LogP) is 5.96. The summed E-state index contributed by atoms with van der Waals surface area (Å²) in [6.45, 7) is 0.231. The largest absolute Gasteiger partial charge is 0.573 e. The predicted molar refractivity (Wildman–Crippen MR) is 106 cm³/mol. The number of nitrogens with zero attached hydrogens (tertiary/aromatic N) is 1. The average Bonchev–Trinajstić information content (AvgIpc) is 3.04. The zero-order valence-electron chi connectivity index (χ0n) is 16.8. The molecule has 1 saturated heterocycles. The second kappa shape index (κ2) is 7.93. The van der Waals surface area contributed by atoms with Crippen molar-refractivity contribution >= 4 is 0 Å². The van der Waals surface area contributed by atoms with Crippen LogP contribution in [0.2, 0.25) is 0 Å². The van der Waals surface area contributed by atoms with Crippen LogP contribution >= 0.6 is 0 Å². The Morgan fingerprint density at radius 2 is 1.87 bits per heavy atom. The van der Waals surface area contributed by atoms with Gasteiger partial charge in [0.05, 0.1) is 18.9 Å². The maximum atomic E-state index is 13.3. The second-order valence-corrected chi connectivity index (χ2v) is 8.23. The highest BCUT2D eigenvalue weighted by atomic mass is 19.4. The highest BCUT2D eigenvalue weighted by molar-refractivity contribution is 5.43. The Morgan fingerprint density at radius 3 is 2.57 bits per heavy atom. The van der Waals surface area contributed by atoms with Crippen LogP contribution < -0.4 is 9.47 Å². The van der Waals surface area contributed by atoms with Crippen molar-refractivity contribution < 1.29 is 27.4 Å². The number of ether oxygens (including phenoxy) is 2. The van der Waals surface area contributed by atoms with E-state index in [0.717, 1.165) is 31.2 Å². The zero-order chi connectivity index (χ0) is 21.4. The Labute approximate surface area is 173 Å². The van der Waals surface area contributed by atoms with E-state index in [4.69, 9.17) is 4.74 Å². The van der Waals surface area contributed by atoms with Crippen LogP contribution in [0.5, 0.6) is 11.5 Å². The van der Waals surface area contributed by atoms with Gasteiger partial charge in [-0.05, 0) is 36.6 Å². The molecule has 1 aliphatic carbocycles. The van der Waals surface area contributed by atoms with Gasteiger partial charge in [0, 0.05) is 28.1 Å². The average molecular weight is 420 g/mol. The van der Waals surface area contributed by atoms with Gasteiger partial charge >= 0.3 is 6.36 Å². The van der Waals surface area contributed by atoms with Gasteiger partial charge in [0.25, 0.3) is 0 Å². The highest BCUT2D eigenvalue weighted by Crippen LogP contribution is 2.53. The number of methoxy groups -OCH3 is 1. The van der Waals surface area contributed by atoms with Crippen molar-refractivity contribution in [3.05, 3.63) is 64.6 Å². The molecule has 3 atom stereocenters. The van der Waals surface area contributed by atoms with Crippen molar-refractivity contribution in [3.8, 4) is 11.5 Å². The summed E-state index contributed by atoms with van der Waals surface area (Å²) < 4.78 is 48.8. The molecular weight excluding hydrogens is 395 g/mol. The molecule has 2 aromatic rings. The molecule has 0 bridgehead atoms. The Bertz CT molecular complexity index is 916. The lowest BCUT2D eigenvalue weighted by atomic mass is 9.67. The quantitative estimate of drug-likeness (QED) is 0.573. The van der Waals surface area contributed by atoms with E-state index in [1.54, 1.807) is 0 Å². The minimum absolute atomic E-state index is 0.107. The monoisotopic (exact) mass is 420 g/mol. The van der Waals surface area contributed by atoms with Crippen molar-refractivity contribution in [1.29, 1.82) is 0 Å². The number of halogens is 3. The molecule has 4 rings (SSSR count). The first-order chi connectivity index (χ1) is 14.3. The Kier molecular flexibility index (Phi) is 5.47. The summed E-state index contributed by atoms with van der Waals surface area (Å²) in [6.07, 6.45) is -0.421. The third kappa shape index (κ3) is 3.89. The zero-order valence-corrected chi connectivity index (χ0v) is 16.8. The molecule has 0 N–H and O–H groups in total. The molecule has 1 saturated carbocycles. The van der Waals surface area contributed by atoms with E-state index in [2.05, 4.69) is 16.9 Å². The normalized spacial score (nSPS) is 26.7. The minimum atomic E-state index is -4.77. The first-order valence-electron chi connectivity index (χ1n) is 10.3. The summed E-state index contributed by atoms with van der Waals surface area (Å²) in [5.74, 6) is 0.0705. The number of rotatable bonds is 4. The number of hydrogen-bond donors (Lipinski definition) is 0. The van der Waals surface area contributed by atoms with Gasteiger partial charge in [0.2, 0.25) is 5.54 Å². The lowest BCUT2D eigenvalue weighted by Crippen LogP contribution is -2.44. The summed E-state index contributed by atoms with van der Waals surface area (Å²) in [4.78, 5) is 13.3. The van der Waals surface area contributed by atoms with Gasteiger partial charge in [-0.15, -0.1) is 13.2 Å². The van der Waals surface area contributed by atoms with Crippen LogP contribution in [0, 0.1) is 4.91 Å². The Balaban J connectivity index is 1.68. The highest BCUT2D eigenvalue weighted by Gasteiger charge is 2.60. The molecule has 1 heterocycles.